The molecule has 4 rings (SSSR count). The molecular weight excluding hydrogens is 374 g/mol. The highest BCUT2D eigenvalue weighted by atomic mass is 16.1. The van der Waals surface area contributed by atoms with E-state index in [2.05, 4.69) is 10.3 Å². The third-order valence-electron chi connectivity index (χ3n) is 5.21. The molecule has 1 atom stereocenters. The molecule has 4 aromatic rings. The second kappa shape index (κ2) is 8.33. The Balaban J connectivity index is 1.52. The van der Waals surface area contributed by atoms with Crippen LogP contribution in [0.25, 0.3) is 16.6 Å². The van der Waals surface area contributed by atoms with Crippen molar-refractivity contribution in [2.75, 3.05) is 5.32 Å². The summed E-state index contributed by atoms with van der Waals surface area (Å²) in [7, 11) is 0. The van der Waals surface area contributed by atoms with Crippen LogP contribution in [0.1, 0.15) is 30.7 Å². The Morgan fingerprint density at radius 3 is 2.37 bits per heavy atom. The van der Waals surface area contributed by atoms with Crippen LogP contribution >= 0.6 is 0 Å². The van der Waals surface area contributed by atoms with E-state index in [0.717, 1.165) is 5.56 Å². The van der Waals surface area contributed by atoms with Gasteiger partial charge in [-0.05, 0) is 54.8 Å². The third-order valence-corrected chi connectivity index (χ3v) is 5.21. The molecule has 30 heavy (non-hydrogen) atoms. The van der Waals surface area contributed by atoms with Crippen LogP contribution in [0, 0.1) is 6.92 Å². The number of nitrogens with one attached hydrogen (secondary N) is 1. The molecule has 1 amide bonds. The number of fused-ring (bicyclic) bond motifs is 1. The summed E-state index contributed by atoms with van der Waals surface area (Å²) in [4.78, 5) is 29.9. The molecule has 0 radical (unpaired) electrons. The molecule has 0 spiro atoms. The van der Waals surface area contributed by atoms with Gasteiger partial charge in [-0.1, -0.05) is 49.4 Å². The van der Waals surface area contributed by atoms with Crippen molar-refractivity contribution in [3.63, 3.8) is 0 Å². The Kier molecular flexibility index (Phi) is 5.44. The van der Waals surface area contributed by atoms with Gasteiger partial charge in [0.25, 0.3) is 5.56 Å². The highest BCUT2D eigenvalue weighted by Gasteiger charge is 2.12. The van der Waals surface area contributed by atoms with Gasteiger partial charge in [0, 0.05) is 12.1 Å². The molecule has 0 aliphatic carbocycles. The minimum Gasteiger partial charge on any atom is -0.326 e. The van der Waals surface area contributed by atoms with Gasteiger partial charge in [0.05, 0.1) is 16.6 Å². The Labute approximate surface area is 175 Å². The normalized spacial score (nSPS) is 11.9. The van der Waals surface area contributed by atoms with Gasteiger partial charge in [-0.25, -0.2) is 4.98 Å². The predicted octanol–water partition coefficient (Wildman–Crippen LogP) is 4.83. The maximum atomic E-state index is 12.9. The molecule has 150 valence electrons. The average molecular weight is 397 g/mol. The smallest absolute Gasteiger partial charge is 0.265 e. The van der Waals surface area contributed by atoms with E-state index < -0.39 is 0 Å². The van der Waals surface area contributed by atoms with E-state index in [-0.39, 0.29) is 17.4 Å². The van der Waals surface area contributed by atoms with Crippen molar-refractivity contribution in [1.29, 1.82) is 0 Å². The van der Waals surface area contributed by atoms with Crippen LogP contribution in [0.5, 0.6) is 0 Å². The van der Waals surface area contributed by atoms with Crippen LogP contribution in [0.2, 0.25) is 0 Å². The first-order chi connectivity index (χ1) is 14.5. The van der Waals surface area contributed by atoms with E-state index in [1.165, 1.54) is 0 Å². The Morgan fingerprint density at radius 1 is 0.967 bits per heavy atom. The topological polar surface area (TPSA) is 64.0 Å². The molecule has 0 saturated carbocycles. The predicted molar refractivity (Wildman–Crippen MR) is 120 cm³/mol. The van der Waals surface area contributed by atoms with Gasteiger partial charge < -0.3 is 5.32 Å². The molecule has 0 aliphatic rings. The lowest BCUT2D eigenvalue weighted by Gasteiger charge is -2.13. The number of carbonyl (C=O) groups excluding carboxylic acids is 1. The molecule has 0 fully saturated rings. The zero-order valence-corrected chi connectivity index (χ0v) is 17.0. The SMILES string of the molecule is Cc1nc2ccccc2c(=O)n1-c1ccc(NC(=O)CC(C)c2ccccc2)cc1. The molecular formula is C25H23N3O2. The number of anilines is 1. The third kappa shape index (κ3) is 4.01. The minimum absolute atomic E-state index is 0.0418. The van der Waals surface area contributed by atoms with Crippen molar-refractivity contribution in [1.82, 2.24) is 9.55 Å². The van der Waals surface area contributed by atoms with Crippen molar-refractivity contribution in [3.05, 3.63) is 101 Å². The molecule has 0 aliphatic heterocycles. The van der Waals surface area contributed by atoms with Crippen LogP contribution in [-0.4, -0.2) is 15.5 Å². The Hall–Kier alpha value is -3.73. The largest absolute Gasteiger partial charge is 0.326 e. The second-order valence-electron chi connectivity index (χ2n) is 7.43. The summed E-state index contributed by atoms with van der Waals surface area (Å²) in [6, 6.07) is 24.6. The summed E-state index contributed by atoms with van der Waals surface area (Å²) in [5.74, 6) is 0.711. The molecule has 5 heteroatoms. The van der Waals surface area contributed by atoms with Crippen LogP contribution in [-0.2, 0) is 4.79 Å². The van der Waals surface area contributed by atoms with E-state index >= 15 is 0 Å². The summed E-state index contributed by atoms with van der Waals surface area (Å²) in [5.41, 5.74) is 3.13. The first-order valence-corrected chi connectivity index (χ1v) is 9.96. The summed E-state index contributed by atoms with van der Waals surface area (Å²) in [6.45, 7) is 3.86. The van der Waals surface area contributed by atoms with Crippen molar-refractivity contribution in [2.24, 2.45) is 0 Å². The molecule has 0 saturated heterocycles. The van der Waals surface area contributed by atoms with Crippen LogP contribution < -0.4 is 10.9 Å². The fourth-order valence-corrected chi connectivity index (χ4v) is 3.63. The molecule has 1 unspecified atom stereocenters. The van der Waals surface area contributed by atoms with E-state index in [4.69, 9.17) is 0 Å². The summed E-state index contributed by atoms with van der Waals surface area (Å²) in [5, 5.41) is 3.52. The monoisotopic (exact) mass is 397 g/mol. The van der Waals surface area contributed by atoms with Gasteiger partial charge in [0.2, 0.25) is 5.91 Å². The van der Waals surface area contributed by atoms with Gasteiger partial charge in [0.1, 0.15) is 5.82 Å². The zero-order valence-electron chi connectivity index (χ0n) is 17.0. The number of para-hydroxylation sites is 1. The first-order valence-electron chi connectivity index (χ1n) is 9.96. The number of hydrogen-bond donors (Lipinski definition) is 1. The van der Waals surface area contributed by atoms with Gasteiger partial charge in [-0.2, -0.15) is 0 Å². The molecule has 1 N–H and O–H groups in total. The van der Waals surface area contributed by atoms with Crippen molar-refractivity contribution in [2.45, 2.75) is 26.2 Å². The number of rotatable bonds is 5. The standard InChI is InChI=1S/C25H23N3O2/c1-17(19-8-4-3-5-9-19)16-24(29)27-20-12-14-21(15-13-20)28-18(2)26-23-11-7-6-10-22(23)25(28)30/h3-15,17H,16H2,1-2H3,(H,27,29). The lowest BCUT2D eigenvalue weighted by atomic mass is 9.97. The van der Waals surface area contributed by atoms with E-state index in [9.17, 15) is 9.59 Å². The number of aryl methyl sites for hydroxylation is 1. The maximum absolute atomic E-state index is 12.9. The summed E-state index contributed by atoms with van der Waals surface area (Å²) in [6.07, 6.45) is 0.402. The first kappa shape index (κ1) is 19.6. The number of benzene rings is 3. The number of carbonyl (C=O) groups is 1. The number of nitrogens with zero attached hydrogens (tertiary/aromatic N) is 2. The molecule has 1 heterocycles. The lowest BCUT2D eigenvalue weighted by Crippen LogP contribution is -2.22. The van der Waals surface area contributed by atoms with Crippen molar-refractivity contribution < 1.29 is 4.79 Å². The van der Waals surface area contributed by atoms with Crippen molar-refractivity contribution >= 4 is 22.5 Å². The summed E-state index contributed by atoms with van der Waals surface area (Å²) >= 11 is 0. The average Bonchev–Trinajstić information content (AvgIpc) is 2.75. The lowest BCUT2D eigenvalue weighted by molar-refractivity contribution is -0.116. The number of aromatic nitrogens is 2. The van der Waals surface area contributed by atoms with Crippen LogP contribution in [0.3, 0.4) is 0 Å². The second-order valence-corrected chi connectivity index (χ2v) is 7.43. The quantitative estimate of drug-likeness (QED) is 0.525. The van der Waals surface area contributed by atoms with E-state index in [1.54, 1.807) is 10.6 Å². The van der Waals surface area contributed by atoms with Crippen molar-refractivity contribution in [3.8, 4) is 5.69 Å². The van der Waals surface area contributed by atoms with Gasteiger partial charge in [-0.15, -0.1) is 0 Å². The molecule has 0 bridgehead atoms. The number of hydrogen-bond acceptors (Lipinski definition) is 3. The number of amides is 1. The molecule has 1 aromatic heterocycles. The fourth-order valence-electron chi connectivity index (χ4n) is 3.63. The highest BCUT2D eigenvalue weighted by Crippen LogP contribution is 2.20. The van der Waals surface area contributed by atoms with Gasteiger partial charge >= 0.3 is 0 Å². The maximum Gasteiger partial charge on any atom is 0.265 e. The fraction of sp³-hybridized carbons (Fsp3) is 0.160. The highest BCUT2D eigenvalue weighted by molar-refractivity contribution is 5.91. The van der Waals surface area contributed by atoms with Gasteiger partial charge in [-0.3, -0.25) is 14.2 Å². The minimum atomic E-state index is -0.105. The van der Waals surface area contributed by atoms with Crippen LogP contribution in [0.15, 0.2) is 83.7 Å². The summed E-state index contributed by atoms with van der Waals surface area (Å²) < 4.78 is 1.59. The Morgan fingerprint density at radius 2 is 1.63 bits per heavy atom. The van der Waals surface area contributed by atoms with Crippen LogP contribution in [0.4, 0.5) is 5.69 Å². The van der Waals surface area contributed by atoms with E-state index in [1.807, 2.05) is 86.6 Å². The Bertz CT molecular complexity index is 1250. The molecule has 5 nitrogen and oxygen atoms in total. The molecule has 3 aromatic carbocycles. The van der Waals surface area contributed by atoms with E-state index in [0.29, 0.717) is 34.5 Å². The van der Waals surface area contributed by atoms with Gasteiger partial charge in [0.15, 0.2) is 0 Å². The zero-order chi connectivity index (χ0) is 21.1.